The van der Waals surface area contributed by atoms with Crippen molar-refractivity contribution in [3.8, 4) is 0 Å². The van der Waals surface area contributed by atoms with Crippen LogP contribution in [0.4, 0.5) is 0 Å². The quantitative estimate of drug-likeness (QED) is 0.823. The minimum atomic E-state index is -0.0580. The lowest BCUT2D eigenvalue weighted by Gasteiger charge is -2.43. The summed E-state index contributed by atoms with van der Waals surface area (Å²) in [7, 11) is 0. The molecule has 5 nitrogen and oxygen atoms in total. The van der Waals surface area contributed by atoms with Crippen molar-refractivity contribution in [1.29, 1.82) is 0 Å². The van der Waals surface area contributed by atoms with Crippen molar-refractivity contribution in [2.45, 2.75) is 103 Å². The molecule has 5 heteroatoms. The molecule has 29 heavy (non-hydrogen) atoms. The minimum absolute atomic E-state index is 0.0580. The molecule has 5 rings (SSSR count). The molecule has 1 N–H and O–H groups in total. The molecule has 3 saturated carbocycles. The molecule has 1 amide bonds. The number of Topliss-reactive ketones (excluding diaryl/α,β-unsaturated/α-hetero) is 1. The third-order valence-electron chi connectivity index (χ3n) is 8.81. The molecular weight excluding hydrogens is 362 g/mol. The number of carbonyl (C=O) groups is 2. The molecule has 1 heterocycles. The van der Waals surface area contributed by atoms with Gasteiger partial charge in [0.25, 0.3) is 5.91 Å². The third-order valence-corrected chi connectivity index (χ3v) is 8.81. The third kappa shape index (κ3) is 2.98. The van der Waals surface area contributed by atoms with E-state index < -0.39 is 0 Å². The van der Waals surface area contributed by atoms with Gasteiger partial charge in [-0.15, -0.1) is 0 Å². The number of hydrogen-bond acceptors (Lipinski definition) is 3. The van der Waals surface area contributed by atoms with Crippen LogP contribution in [0.25, 0.3) is 0 Å². The molecule has 4 aliphatic rings. The number of hydrogen-bond donors (Lipinski definition) is 1. The average Bonchev–Trinajstić information content (AvgIpc) is 3.32. The number of rotatable bonds is 3. The zero-order valence-corrected chi connectivity index (χ0v) is 18.2. The first-order valence-electron chi connectivity index (χ1n) is 11.7. The number of nitrogens with zero attached hydrogens (tertiary/aromatic N) is 2. The van der Waals surface area contributed by atoms with Crippen molar-refractivity contribution in [1.82, 2.24) is 15.1 Å². The lowest BCUT2D eigenvalue weighted by molar-refractivity contribution is -0.118. The highest BCUT2D eigenvalue weighted by Crippen LogP contribution is 2.62. The summed E-state index contributed by atoms with van der Waals surface area (Å²) in [5, 5.41) is 8.29. The second-order valence-corrected chi connectivity index (χ2v) is 11.0. The summed E-state index contributed by atoms with van der Waals surface area (Å²) in [6.45, 7) is 6.96. The Balaban J connectivity index is 1.46. The maximum atomic E-state index is 13.5. The number of nitrogens with one attached hydrogen (secondary N) is 1. The molecule has 1 aromatic rings. The van der Waals surface area contributed by atoms with Gasteiger partial charge in [-0.25, -0.2) is 0 Å². The topological polar surface area (TPSA) is 64.0 Å². The Morgan fingerprint density at radius 3 is 2.55 bits per heavy atom. The zero-order valence-electron chi connectivity index (χ0n) is 18.2. The molecular formula is C24H35N3O2. The summed E-state index contributed by atoms with van der Waals surface area (Å²) in [6, 6.07) is 0.569. The molecule has 4 aliphatic carbocycles. The van der Waals surface area contributed by atoms with Crippen LogP contribution in [-0.2, 0) is 17.6 Å². The van der Waals surface area contributed by atoms with Crippen LogP contribution in [0.1, 0.15) is 106 Å². The fraction of sp³-hybridized carbons (Fsp3) is 0.792. The summed E-state index contributed by atoms with van der Waals surface area (Å²) in [6.07, 6.45) is 11.4. The molecule has 0 aliphatic heterocycles. The Morgan fingerprint density at radius 1 is 1.10 bits per heavy atom. The van der Waals surface area contributed by atoms with Crippen LogP contribution in [-0.4, -0.2) is 27.5 Å². The molecule has 0 aromatic carbocycles. The number of fused-ring (bicyclic) bond motifs is 3. The van der Waals surface area contributed by atoms with E-state index in [1.165, 1.54) is 38.5 Å². The molecule has 158 valence electrons. The van der Waals surface area contributed by atoms with Crippen LogP contribution in [0.3, 0.4) is 0 Å². The van der Waals surface area contributed by atoms with Crippen LogP contribution in [0, 0.1) is 16.7 Å². The van der Waals surface area contributed by atoms with E-state index in [1.54, 1.807) is 0 Å². The lowest BCUT2D eigenvalue weighted by atomic mass is 9.68. The van der Waals surface area contributed by atoms with Gasteiger partial charge in [0, 0.05) is 30.1 Å². The predicted octanol–water partition coefficient (Wildman–Crippen LogP) is 4.39. The molecule has 0 saturated heterocycles. The van der Waals surface area contributed by atoms with E-state index >= 15 is 0 Å². The zero-order chi connectivity index (χ0) is 20.4. The number of amides is 1. The van der Waals surface area contributed by atoms with E-state index in [1.807, 2.05) is 0 Å². The van der Waals surface area contributed by atoms with Gasteiger partial charge in [-0.2, -0.15) is 5.10 Å². The average molecular weight is 398 g/mol. The Hall–Kier alpha value is -1.65. The Labute approximate surface area is 174 Å². The molecule has 0 spiro atoms. The highest BCUT2D eigenvalue weighted by atomic mass is 16.2. The summed E-state index contributed by atoms with van der Waals surface area (Å²) in [5.41, 5.74) is 2.90. The van der Waals surface area contributed by atoms with Gasteiger partial charge in [-0.05, 0) is 55.3 Å². The van der Waals surface area contributed by atoms with Gasteiger partial charge in [0.1, 0.15) is 5.78 Å². The first-order valence-corrected chi connectivity index (χ1v) is 11.7. The van der Waals surface area contributed by atoms with Crippen molar-refractivity contribution in [2.75, 3.05) is 0 Å². The van der Waals surface area contributed by atoms with Gasteiger partial charge in [0.15, 0.2) is 5.69 Å². The van der Waals surface area contributed by atoms with Gasteiger partial charge in [0.05, 0.1) is 6.04 Å². The standard InChI is InChI=1S/C24H35N3O2/c1-23(2)15-11-12-24(3,14-15)22(23)25-21(29)20-18-13-17(28)9-10-19(18)27(26-20)16-7-5-4-6-8-16/h15-16,22H,4-14H2,1-3H3,(H,25,29). The van der Waals surface area contributed by atoms with E-state index in [9.17, 15) is 9.59 Å². The lowest BCUT2D eigenvalue weighted by Crippen LogP contribution is -2.52. The minimum Gasteiger partial charge on any atom is -0.347 e. The molecule has 3 atom stereocenters. The molecule has 3 unspecified atom stereocenters. The van der Waals surface area contributed by atoms with Crippen LogP contribution >= 0.6 is 0 Å². The second-order valence-electron chi connectivity index (χ2n) is 11.0. The van der Waals surface area contributed by atoms with E-state index in [0.717, 1.165) is 30.5 Å². The highest BCUT2D eigenvalue weighted by Gasteiger charge is 2.59. The van der Waals surface area contributed by atoms with Crippen molar-refractivity contribution < 1.29 is 9.59 Å². The summed E-state index contributed by atoms with van der Waals surface area (Å²) in [5.74, 6) is 0.868. The SMILES string of the molecule is CC12CCC(C1)C(C)(C)C2NC(=O)c1nn(C2CCCCC2)c2c1CC(=O)CC2. The second kappa shape index (κ2) is 6.68. The summed E-state index contributed by atoms with van der Waals surface area (Å²) >= 11 is 0. The summed E-state index contributed by atoms with van der Waals surface area (Å²) in [4.78, 5) is 25.7. The van der Waals surface area contributed by atoms with Crippen LogP contribution in [0.15, 0.2) is 0 Å². The predicted molar refractivity (Wildman–Crippen MR) is 112 cm³/mol. The smallest absolute Gasteiger partial charge is 0.272 e. The Bertz CT molecular complexity index is 844. The van der Waals surface area contributed by atoms with Crippen LogP contribution in [0.2, 0.25) is 0 Å². The van der Waals surface area contributed by atoms with Crippen molar-refractivity contribution in [2.24, 2.45) is 16.7 Å². The van der Waals surface area contributed by atoms with Gasteiger partial charge in [-0.1, -0.05) is 40.0 Å². The molecule has 3 fully saturated rings. The van der Waals surface area contributed by atoms with Crippen molar-refractivity contribution in [3.05, 3.63) is 17.0 Å². The Morgan fingerprint density at radius 2 is 1.86 bits per heavy atom. The number of ketones is 1. The number of aromatic nitrogens is 2. The molecule has 1 aromatic heterocycles. The summed E-state index contributed by atoms with van der Waals surface area (Å²) < 4.78 is 2.14. The van der Waals surface area contributed by atoms with Gasteiger partial charge >= 0.3 is 0 Å². The van der Waals surface area contributed by atoms with Crippen molar-refractivity contribution in [3.63, 3.8) is 0 Å². The van der Waals surface area contributed by atoms with E-state index in [0.29, 0.717) is 30.5 Å². The maximum absolute atomic E-state index is 13.5. The first-order chi connectivity index (χ1) is 13.8. The Kier molecular flexibility index (Phi) is 4.45. The highest BCUT2D eigenvalue weighted by molar-refractivity contribution is 5.96. The first kappa shape index (κ1) is 19.3. The fourth-order valence-electron chi connectivity index (χ4n) is 7.17. The van der Waals surface area contributed by atoms with Gasteiger partial charge < -0.3 is 5.32 Å². The largest absolute Gasteiger partial charge is 0.347 e. The van der Waals surface area contributed by atoms with Crippen LogP contribution < -0.4 is 5.32 Å². The van der Waals surface area contributed by atoms with E-state index in [2.05, 4.69) is 30.8 Å². The number of carbonyl (C=O) groups excluding carboxylic acids is 2. The van der Waals surface area contributed by atoms with E-state index in [-0.39, 0.29) is 28.6 Å². The normalized spacial score (nSPS) is 33.7. The molecule has 0 radical (unpaired) electrons. The van der Waals surface area contributed by atoms with Gasteiger partial charge in [0.2, 0.25) is 0 Å². The molecule has 2 bridgehead atoms. The van der Waals surface area contributed by atoms with Crippen LogP contribution in [0.5, 0.6) is 0 Å². The monoisotopic (exact) mass is 397 g/mol. The maximum Gasteiger partial charge on any atom is 0.272 e. The van der Waals surface area contributed by atoms with E-state index in [4.69, 9.17) is 5.10 Å². The fourth-order valence-corrected chi connectivity index (χ4v) is 7.17. The van der Waals surface area contributed by atoms with Crippen molar-refractivity contribution >= 4 is 11.7 Å². The van der Waals surface area contributed by atoms with Gasteiger partial charge in [-0.3, -0.25) is 14.3 Å².